The zero-order chi connectivity index (χ0) is 17.8. The minimum Gasteiger partial charge on any atom is -0.335 e. The summed E-state index contributed by atoms with van der Waals surface area (Å²) in [6, 6.07) is 11.5. The first-order valence-corrected chi connectivity index (χ1v) is 9.05. The third-order valence-electron chi connectivity index (χ3n) is 4.15. The number of hydrogen-bond donors (Lipinski definition) is 0. The van der Waals surface area contributed by atoms with Crippen molar-refractivity contribution >= 4 is 17.7 Å². The van der Waals surface area contributed by atoms with Crippen LogP contribution in [0.25, 0.3) is 5.69 Å². The SMILES string of the molecule is CSc1ncccc1C(=O)N(C)[C@@H](C)c1ccc(-n2cncn2)cc1. The van der Waals surface area contributed by atoms with E-state index in [2.05, 4.69) is 15.1 Å². The molecule has 2 aromatic heterocycles. The lowest BCUT2D eigenvalue weighted by Gasteiger charge is -2.26. The fraction of sp³-hybridized carbons (Fsp3) is 0.222. The van der Waals surface area contributed by atoms with E-state index >= 15 is 0 Å². The molecule has 128 valence electrons. The number of rotatable bonds is 5. The molecule has 0 saturated heterocycles. The standard InChI is InChI=1S/C18H19N5OS/c1-13(14-6-8-15(9-7-14)23-12-19-11-21-23)22(2)18(24)16-5-4-10-20-17(16)25-3/h4-13H,1-3H3/t13-/m0/s1. The molecular weight excluding hydrogens is 334 g/mol. The Hall–Kier alpha value is -2.67. The fourth-order valence-electron chi connectivity index (χ4n) is 2.55. The van der Waals surface area contributed by atoms with Gasteiger partial charge in [0.1, 0.15) is 17.7 Å². The van der Waals surface area contributed by atoms with Crippen molar-refractivity contribution in [2.75, 3.05) is 13.3 Å². The van der Waals surface area contributed by atoms with Crippen molar-refractivity contribution in [3.8, 4) is 5.69 Å². The van der Waals surface area contributed by atoms with Gasteiger partial charge in [-0.25, -0.2) is 14.6 Å². The smallest absolute Gasteiger partial charge is 0.256 e. The van der Waals surface area contributed by atoms with Gasteiger partial charge < -0.3 is 4.90 Å². The van der Waals surface area contributed by atoms with Crippen LogP contribution in [0.5, 0.6) is 0 Å². The highest BCUT2D eigenvalue weighted by Crippen LogP contribution is 2.24. The Morgan fingerprint density at radius 3 is 2.64 bits per heavy atom. The van der Waals surface area contributed by atoms with E-state index in [1.165, 1.54) is 18.1 Å². The van der Waals surface area contributed by atoms with E-state index in [0.29, 0.717) is 5.56 Å². The summed E-state index contributed by atoms with van der Waals surface area (Å²) in [6.07, 6.45) is 6.78. The number of benzene rings is 1. The summed E-state index contributed by atoms with van der Waals surface area (Å²) < 4.78 is 1.70. The molecule has 1 amide bonds. The molecular formula is C18H19N5OS. The van der Waals surface area contributed by atoms with Crippen molar-refractivity contribution in [3.63, 3.8) is 0 Å². The van der Waals surface area contributed by atoms with E-state index in [1.807, 2.05) is 50.6 Å². The maximum atomic E-state index is 12.8. The maximum absolute atomic E-state index is 12.8. The Morgan fingerprint density at radius 2 is 2.00 bits per heavy atom. The van der Waals surface area contributed by atoms with Crippen LogP contribution in [0.1, 0.15) is 28.9 Å². The molecule has 0 saturated carbocycles. The summed E-state index contributed by atoms with van der Waals surface area (Å²) in [7, 11) is 1.81. The average molecular weight is 353 g/mol. The molecule has 3 rings (SSSR count). The highest BCUT2D eigenvalue weighted by Gasteiger charge is 2.21. The third-order valence-corrected chi connectivity index (χ3v) is 4.87. The van der Waals surface area contributed by atoms with Crippen LogP contribution in [-0.4, -0.2) is 43.9 Å². The van der Waals surface area contributed by atoms with Gasteiger partial charge >= 0.3 is 0 Å². The molecule has 1 aromatic carbocycles. The molecule has 0 bridgehead atoms. The van der Waals surface area contributed by atoms with Gasteiger partial charge in [0.05, 0.1) is 17.3 Å². The molecule has 25 heavy (non-hydrogen) atoms. The second kappa shape index (κ2) is 7.48. The van der Waals surface area contributed by atoms with E-state index in [1.54, 1.807) is 28.2 Å². The second-order valence-electron chi connectivity index (χ2n) is 5.58. The molecule has 2 heterocycles. The fourth-order valence-corrected chi connectivity index (χ4v) is 3.09. The lowest BCUT2D eigenvalue weighted by atomic mass is 10.1. The third kappa shape index (κ3) is 3.56. The Kier molecular flexibility index (Phi) is 5.14. The number of pyridine rings is 1. The van der Waals surface area contributed by atoms with Crippen molar-refractivity contribution in [1.29, 1.82) is 0 Å². The highest BCUT2D eigenvalue weighted by molar-refractivity contribution is 7.98. The van der Waals surface area contributed by atoms with Crippen LogP contribution in [0.2, 0.25) is 0 Å². The van der Waals surface area contributed by atoms with E-state index in [0.717, 1.165) is 16.3 Å². The van der Waals surface area contributed by atoms with Crippen molar-refractivity contribution in [2.45, 2.75) is 18.0 Å². The van der Waals surface area contributed by atoms with Gasteiger partial charge in [0.2, 0.25) is 0 Å². The summed E-state index contributed by atoms with van der Waals surface area (Å²) >= 11 is 1.47. The Balaban J connectivity index is 1.80. The zero-order valence-electron chi connectivity index (χ0n) is 14.3. The van der Waals surface area contributed by atoms with Crippen molar-refractivity contribution < 1.29 is 4.79 Å². The number of thioether (sulfide) groups is 1. The summed E-state index contributed by atoms with van der Waals surface area (Å²) in [5.41, 5.74) is 2.61. The molecule has 0 unspecified atom stereocenters. The first-order chi connectivity index (χ1) is 12.1. The Bertz CT molecular complexity index is 848. The first kappa shape index (κ1) is 17.2. The predicted octanol–water partition coefficient (Wildman–Crippen LogP) is 3.22. The van der Waals surface area contributed by atoms with Crippen LogP contribution in [0.3, 0.4) is 0 Å². The molecule has 0 aliphatic carbocycles. The van der Waals surface area contributed by atoms with Gasteiger partial charge in [-0.3, -0.25) is 4.79 Å². The molecule has 7 heteroatoms. The maximum Gasteiger partial charge on any atom is 0.256 e. The normalized spacial score (nSPS) is 12.0. The Labute approximate surface area is 150 Å². The molecule has 6 nitrogen and oxygen atoms in total. The van der Waals surface area contributed by atoms with E-state index in [9.17, 15) is 4.79 Å². The van der Waals surface area contributed by atoms with Gasteiger partial charge in [0, 0.05) is 13.2 Å². The van der Waals surface area contributed by atoms with Crippen LogP contribution in [0, 0.1) is 0 Å². The monoisotopic (exact) mass is 353 g/mol. The molecule has 3 aromatic rings. The van der Waals surface area contributed by atoms with Gasteiger partial charge in [-0.2, -0.15) is 5.10 Å². The van der Waals surface area contributed by atoms with Gasteiger partial charge in [-0.05, 0) is 43.0 Å². The van der Waals surface area contributed by atoms with Crippen LogP contribution >= 0.6 is 11.8 Å². The summed E-state index contributed by atoms with van der Waals surface area (Å²) in [5.74, 6) is -0.0368. The first-order valence-electron chi connectivity index (χ1n) is 7.83. The van der Waals surface area contributed by atoms with E-state index in [-0.39, 0.29) is 11.9 Å². The molecule has 0 aliphatic heterocycles. The minimum absolute atomic E-state index is 0.0368. The summed E-state index contributed by atoms with van der Waals surface area (Å²) in [4.78, 5) is 22.8. The second-order valence-corrected chi connectivity index (χ2v) is 6.38. The number of hydrogen-bond acceptors (Lipinski definition) is 5. The van der Waals surface area contributed by atoms with Crippen LogP contribution in [0.4, 0.5) is 0 Å². The largest absolute Gasteiger partial charge is 0.335 e. The Morgan fingerprint density at radius 1 is 1.24 bits per heavy atom. The zero-order valence-corrected chi connectivity index (χ0v) is 15.1. The summed E-state index contributed by atoms with van der Waals surface area (Å²) in [5, 5.41) is 4.86. The minimum atomic E-state index is -0.0628. The summed E-state index contributed by atoms with van der Waals surface area (Å²) in [6.45, 7) is 2.01. The lowest BCUT2D eigenvalue weighted by Crippen LogP contribution is -2.30. The topological polar surface area (TPSA) is 63.9 Å². The quantitative estimate of drug-likeness (QED) is 0.659. The van der Waals surface area contributed by atoms with Crippen molar-refractivity contribution in [2.24, 2.45) is 0 Å². The number of nitrogens with zero attached hydrogens (tertiary/aromatic N) is 5. The molecule has 0 spiro atoms. The van der Waals surface area contributed by atoms with E-state index in [4.69, 9.17) is 0 Å². The van der Waals surface area contributed by atoms with Gasteiger partial charge in [0.25, 0.3) is 5.91 Å². The number of amides is 1. The van der Waals surface area contributed by atoms with Crippen LogP contribution in [-0.2, 0) is 0 Å². The van der Waals surface area contributed by atoms with Crippen LogP contribution < -0.4 is 0 Å². The predicted molar refractivity (Wildman–Crippen MR) is 97.9 cm³/mol. The highest BCUT2D eigenvalue weighted by atomic mass is 32.2. The molecule has 0 fully saturated rings. The van der Waals surface area contributed by atoms with E-state index < -0.39 is 0 Å². The van der Waals surface area contributed by atoms with Crippen LogP contribution in [0.15, 0.2) is 60.3 Å². The lowest BCUT2D eigenvalue weighted by molar-refractivity contribution is 0.0738. The van der Waals surface area contributed by atoms with Crippen molar-refractivity contribution in [3.05, 3.63) is 66.4 Å². The number of aromatic nitrogens is 4. The average Bonchev–Trinajstić information content (AvgIpc) is 3.21. The molecule has 1 atom stereocenters. The van der Waals surface area contributed by atoms with Gasteiger partial charge in [0.15, 0.2) is 0 Å². The van der Waals surface area contributed by atoms with Gasteiger partial charge in [-0.15, -0.1) is 11.8 Å². The molecule has 0 radical (unpaired) electrons. The van der Waals surface area contributed by atoms with Gasteiger partial charge in [-0.1, -0.05) is 12.1 Å². The number of carbonyl (C=O) groups excluding carboxylic acids is 1. The molecule has 0 N–H and O–H groups in total. The molecule has 0 aliphatic rings. The number of carbonyl (C=O) groups is 1. The van der Waals surface area contributed by atoms with Crippen molar-refractivity contribution in [1.82, 2.24) is 24.6 Å².